The molecule has 134 valence electrons. The molecule has 0 amide bonds. The lowest BCUT2D eigenvalue weighted by atomic mass is 10.1. The van der Waals surface area contributed by atoms with Crippen LogP contribution in [0.25, 0.3) is 33.2 Å². The molecule has 1 aromatic carbocycles. The largest absolute Gasteiger partial charge is 0.384 e. The van der Waals surface area contributed by atoms with Gasteiger partial charge in [0, 0.05) is 53.0 Å². The van der Waals surface area contributed by atoms with E-state index in [4.69, 9.17) is 4.98 Å². The molecule has 0 saturated heterocycles. The maximum Gasteiger partial charge on any atom is 0.160 e. The van der Waals surface area contributed by atoms with Crippen LogP contribution in [0.1, 0.15) is 6.42 Å². The fourth-order valence-electron chi connectivity index (χ4n) is 3.09. The van der Waals surface area contributed by atoms with Crippen LogP contribution in [0.4, 0.5) is 5.69 Å². The average Bonchev–Trinajstić information content (AvgIpc) is 3.25. The van der Waals surface area contributed by atoms with Crippen molar-refractivity contribution in [3.63, 3.8) is 0 Å². The molecule has 0 aliphatic carbocycles. The van der Waals surface area contributed by atoms with Crippen LogP contribution in [-0.2, 0) is 17.8 Å². The highest BCUT2D eigenvalue weighted by Crippen LogP contribution is 2.31. The molecule has 3 aromatic heterocycles. The van der Waals surface area contributed by atoms with Gasteiger partial charge >= 0.3 is 0 Å². The number of aryl methyl sites for hydroxylation is 1. The van der Waals surface area contributed by atoms with Crippen molar-refractivity contribution in [2.75, 3.05) is 23.9 Å². The maximum atomic E-state index is 11.3. The SMILES string of the molecule is Cn1ncc2c(NCCCS(C)=O)cc(-c3cccc4[nH]ncc34)nc21. The Hall–Kier alpha value is -2.74. The van der Waals surface area contributed by atoms with Crippen molar-refractivity contribution >= 4 is 38.4 Å². The number of nitrogens with zero attached hydrogens (tertiary/aromatic N) is 4. The van der Waals surface area contributed by atoms with E-state index in [1.807, 2.05) is 37.6 Å². The third-order valence-electron chi connectivity index (χ3n) is 4.39. The minimum atomic E-state index is -0.771. The number of nitrogens with one attached hydrogen (secondary N) is 2. The molecule has 0 saturated carbocycles. The quantitative estimate of drug-likeness (QED) is 0.511. The Labute approximate surface area is 153 Å². The van der Waals surface area contributed by atoms with Gasteiger partial charge in [0.05, 0.1) is 29.0 Å². The molecule has 4 aromatic rings. The molecule has 8 heteroatoms. The summed E-state index contributed by atoms with van der Waals surface area (Å²) >= 11 is 0. The number of rotatable bonds is 6. The minimum Gasteiger partial charge on any atom is -0.384 e. The van der Waals surface area contributed by atoms with Crippen LogP contribution in [0.3, 0.4) is 0 Å². The molecule has 0 aliphatic rings. The van der Waals surface area contributed by atoms with Gasteiger partial charge in [0.1, 0.15) is 0 Å². The normalized spacial score (nSPS) is 12.7. The zero-order valence-corrected chi connectivity index (χ0v) is 15.5. The topological polar surface area (TPSA) is 88.5 Å². The molecular formula is C18H20N6OS. The van der Waals surface area contributed by atoms with Crippen molar-refractivity contribution in [1.29, 1.82) is 0 Å². The summed E-state index contributed by atoms with van der Waals surface area (Å²) in [6.07, 6.45) is 6.23. The van der Waals surface area contributed by atoms with Crippen LogP contribution in [0.5, 0.6) is 0 Å². The van der Waals surface area contributed by atoms with E-state index in [0.717, 1.165) is 51.8 Å². The second-order valence-electron chi connectivity index (χ2n) is 6.25. The fourth-order valence-corrected chi connectivity index (χ4v) is 3.64. The number of benzene rings is 1. The van der Waals surface area contributed by atoms with Crippen LogP contribution in [0.2, 0.25) is 0 Å². The van der Waals surface area contributed by atoms with Crippen LogP contribution in [0, 0.1) is 0 Å². The van der Waals surface area contributed by atoms with Gasteiger partial charge in [-0.2, -0.15) is 10.2 Å². The molecule has 7 nitrogen and oxygen atoms in total. The number of anilines is 1. The second kappa shape index (κ2) is 6.87. The summed E-state index contributed by atoms with van der Waals surface area (Å²) in [5, 5.41) is 17.0. The molecule has 0 fully saturated rings. The number of hydrogen-bond donors (Lipinski definition) is 2. The van der Waals surface area contributed by atoms with E-state index >= 15 is 0 Å². The first-order valence-electron chi connectivity index (χ1n) is 8.42. The van der Waals surface area contributed by atoms with Gasteiger partial charge in [0.2, 0.25) is 0 Å². The monoisotopic (exact) mass is 368 g/mol. The Bertz CT molecular complexity index is 1100. The average molecular weight is 368 g/mol. The van der Waals surface area contributed by atoms with Crippen molar-refractivity contribution in [3.8, 4) is 11.3 Å². The lowest BCUT2D eigenvalue weighted by Gasteiger charge is -2.10. The molecular weight excluding hydrogens is 348 g/mol. The Balaban J connectivity index is 1.77. The zero-order chi connectivity index (χ0) is 18.1. The summed E-state index contributed by atoms with van der Waals surface area (Å²) in [4.78, 5) is 4.82. The summed E-state index contributed by atoms with van der Waals surface area (Å²) in [5.74, 6) is 0.690. The van der Waals surface area contributed by atoms with Crippen molar-refractivity contribution in [2.24, 2.45) is 7.05 Å². The number of fused-ring (bicyclic) bond motifs is 2. The van der Waals surface area contributed by atoms with E-state index in [9.17, 15) is 4.21 Å². The highest BCUT2D eigenvalue weighted by Gasteiger charge is 2.13. The Morgan fingerprint density at radius 1 is 1.27 bits per heavy atom. The lowest BCUT2D eigenvalue weighted by molar-refractivity contribution is 0.685. The molecule has 0 aliphatic heterocycles. The second-order valence-corrected chi connectivity index (χ2v) is 7.81. The number of hydrogen-bond acceptors (Lipinski definition) is 5. The summed E-state index contributed by atoms with van der Waals surface area (Å²) in [6.45, 7) is 0.753. The number of pyridine rings is 1. The molecule has 2 N–H and O–H groups in total. The van der Waals surface area contributed by atoms with E-state index in [0.29, 0.717) is 5.75 Å². The molecule has 1 unspecified atom stereocenters. The highest BCUT2D eigenvalue weighted by atomic mass is 32.2. The maximum absolute atomic E-state index is 11.3. The van der Waals surface area contributed by atoms with Gasteiger partial charge in [-0.25, -0.2) is 4.98 Å². The van der Waals surface area contributed by atoms with Gasteiger partial charge in [-0.05, 0) is 18.6 Å². The van der Waals surface area contributed by atoms with E-state index in [2.05, 4.69) is 26.7 Å². The Morgan fingerprint density at radius 3 is 3.00 bits per heavy atom. The minimum absolute atomic E-state index is 0.690. The summed E-state index contributed by atoms with van der Waals surface area (Å²) < 4.78 is 13.0. The number of aromatic nitrogens is 5. The standard InChI is InChI=1S/C18H20N6OS/c1-24-18-14(11-21-24)16(19-7-4-8-26(2)25)9-17(22-18)12-5-3-6-15-13(12)10-20-23-15/h3,5-6,9-11H,4,7-8H2,1-2H3,(H,19,22)(H,20,23). The molecule has 0 spiro atoms. The summed E-state index contributed by atoms with van der Waals surface area (Å²) in [6, 6.07) is 8.09. The van der Waals surface area contributed by atoms with Gasteiger partial charge in [0.15, 0.2) is 5.65 Å². The van der Waals surface area contributed by atoms with E-state index in [1.54, 1.807) is 10.9 Å². The zero-order valence-electron chi connectivity index (χ0n) is 14.7. The van der Waals surface area contributed by atoms with Crippen molar-refractivity contribution in [3.05, 3.63) is 36.7 Å². The van der Waals surface area contributed by atoms with Crippen molar-refractivity contribution < 1.29 is 4.21 Å². The van der Waals surface area contributed by atoms with E-state index < -0.39 is 10.8 Å². The van der Waals surface area contributed by atoms with Crippen molar-refractivity contribution in [1.82, 2.24) is 25.0 Å². The smallest absolute Gasteiger partial charge is 0.160 e. The molecule has 0 radical (unpaired) electrons. The first-order valence-corrected chi connectivity index (χ1v) is 10.2. The van der Waals surface area contributed by atoms with Crippen molar-refractivity contribution in [2.45, 2.75) is 6.42 Å². The molecule has 4 rings (SSSR count). The number of H-pyrrole nitrogens is 1. The molecule has 0 bridgehead atoms. The Kier molecular flexibility index (Phi) is 4.42. The summed E-state index contributed by atoms with van der Waals surface area (Å²) in [5.41, 5.74) is 4.69. The first-order chi connectivity index (χ1) is 12.6. The van der Waals surface area contributed by atoms with Gasteiger partial charge in [-0.15, -0.1) is 0 Å². The lowest BCUT2D eigenvalue weighted by Crippen LogP contribution is -2.07. The molecule has 26 heavy (non-hydrogen) atoms. The first kappa shape index (κ1) is 16.7. The predicted molar refractivity (Wildman–Crippen MR) is 106 cm³/mol. The van der Waals surface area contributed by atoms with Crippen LogP contribution in [-0.4, -0.2) is 47.7 Å². The molecule has 3 heterocycles. The predicted octanol–water partition coefficient (Wildman–Crippen LogP) is 2.69. The molecule has 1 atom stereocenters. The van der Waals surface area contributed by atoms with Gasteiger partial charge in [-0.1, -0.05) is 12.1 Å². The Morgan fingerprint density at radius 2 is 2.15 bits per heavy atom. The number of aromatic amines is 1. The van der Waals surface area contributed by atoms with E-state index in [1.165, 1.54) is 0 Å². The van der Waals surface area contributed by atoms with Gasteiger partial charge in [-0.3, -0.25) is 14.0 Å². The summed E-state index contributed by atoms with van der Waals surface area (Å²) in [7, 11) is 1.12. The highest BCUT2D eigenvalue weighted by molar-refractivity contribution is 7.84. The van der Waals surface area contributed by atoms with Gasteiger partial charge < -0.3 is 5.32 Å². The van der Waals surface area contributed by atoms with Crippen LogP contribution in [0.15, 0.2) is 36.7 Å². The van der Waals surface area contributed by atoms with Crippen LogP contribution < -0.4 is 5.32 Å². The van der Waals surface area contributed by atoms with Crippen LogP contribution >= 0.6 is 0 Å². The third kappa shape index (κ3) is 3.08. The third-order valence-corrected chi connectivity index (χ3v) is 5.25. The fraction of sp³-hybridized carbons (Fsp3) is 0.278. The van der Waals surface area contributed by atoms with E-state index in [-0.39, 0.29) is 0 Å². The van der Waals surface area contributed by atoms with Gasteiger partial charge in [0.25, 0.3) is 0 Å².